The normalized spacial score (nSPS) is 20.4. The molecule has 2 heterocycles. The predicted molar refractivity (Wildman–Crippen MR) is 122 cm³/mol. The third-order valence-corrected chi connectivity index (χ3v) is 6.47. The van der Waals surface area contributed by atoms with Crippen molar-refractivity contribution < 1.29 is 18.4 Å². The van der Waals surface area contributed by atoms with Crippen molar-refractivity contribution in [2.75, 3.05) is 11.9 Å². The zero-order valence-corrected chi connectivity index (χ0v) is 18.8. The molecule has 6 nitrogen and oxygen atoms in total. The number of hydrogen-bond acceptors (Lipinski definition) is 3. The number of hydrogen-bond donors (Lipinski definition) is 0. The van der Waals surface area contributed by atoms with Crippen molar-refractivity contribution in [2.24, 2.45) is 0 Å². The van der Waals surface area contributed by atoms with Gasteiger partial charge in [-0.1, -0.05) is 30.0 Å². The molecule has 1 atom stereocenters. The van der Waals surface area contributed by atoms with E-state index in [1.54, 1.807) is 25.3 Å². The largest absolute Gasteiger partial charge is 0.332 e. The van der Waals surface area contributed by atoms with Crippen molar-refractivity contribution >= 4 is 17.6 Å². The highest BCUT2D eigenvalue weighted by atomic mass is 19.1. The summed E-state index contributed by atoms with van der Waals surface area (Å²) in [6.45, 7) is 1.75. The topological polar surface area (TPSA) is 58.4 Å². The fourth-order valence-corrected chi connectivity index (χ4v) is 4.15. The van der Waals surface area contributed by atoms with E-state index in [0.717, 1.165) is 25.0 Å². The van der Waals surface area contributed by atoms with Crippen LogP contribution >= 0.6 is 0 Å². The molecule has 8 heteroatoms. The highest BCUT2D eigenvalue weighted by Crippen LogP contribution is 2.41. The highest BCUT2D eigenvalue weighted by molar-refractivity contribution is 6.16. The van der Waals surface area contributed by atoms with E-state index in [0.29, 0.717) is 22.1 Å². The molecule has 1 saturated carbocycles. The third kappa shape index (κ3) is 3.73. The second kappa shape index (κ2) is 8.10. The molecular formula is C26H22F2N4O2. The van der Waals surface area contributed by atoms with Crippen molar-refractivity contribution in [3.8, 4) is 11.8 Å². The van der Waals surface area contributed by atoms with Crippen LogP contribution < -0.4 is 4.90 Å². The van der Waals surface area contributed by atoms with E-state index >= 15 is 8.78 Å². The van der Waals surface area contributed by atoms with Crippen molar-refractivity contribution in [1.29, 1.82) is 0 Å². The molecule has 1 aliphatic carbocycles. The molecule has 34 heavy (non-hydrogen) atoms. The Morgan fingerprint density at radius 2 is 1.68 bits per heavy atom. The van der Waals surface area contributed by atoms with Gasteiger partial charge in [-0.2, -0.15) is 5.10 Å². The van der Waals surface area contributed by atoms with Gasteiger partial charge in [-0.3, -0.25) is 9.48 Å². The van der Waals surface area contributed by atoms with Gasteiger partial charge in [0.2, 0.25) is 5.91 Å². The summed E-state index contributed by atoms with van der Waals surface area (Å²) < 4.78 is 31.9. The lowest BCUT2D eigenvalue weighted by atomic mass is 9.87. The first kappa shape index (κ1) is 21.8. The standard InChI is InChI=1S/C26H22F2N4O2/c1-26(19-15-29-31(16-19)20-10-11-20)14-23(33)32(25(34)30(26)2)24-21(27)12-18(13-22(24)28)9-8-17-6-4-3-5-7-17/h3-7,12-13,15-16,20H,10-11,14H2,1-2H3/t26-/m0/s1. The minimum atomic E-state index is -1.03. The summed E-state index contributed by atoms with van der Waals surface area (Å²) in [4.78, 5) is 28.2. The van der Waals surface area contributed by atoms with Gasteiger partial charge in [0.25, 0.3) is 0 Å². The summed E-state index contributed by atoms with van der Waals surface area (Å²) in [5.74, 6) is 2.80. The number of amides is 3. The van der Waals surface area contributed by atoms with Crippen LogP contribution in [0.1, 0.15) is 48.9 Å². The van der Waals surface area contributed by atoms with Gasteiger partial charge in [-0.25, -0.2) is 18.5 Å². The van der Waals surface area contributed by atoms with E-state index in [-0.39, 0.29) is 12.0 Å². The van der Waals surface area contributed by atoms with E-state index < -0.39 is 34.8 Å². The number of carbonyl (C=O) groups excluding carboxylic acids is 2. The molecule has 2 aliphatic rings. The number of rotatable bonds is 3. The van der Waals surface area contributed by atoms with Gasteiger partial charge in [0, 0.05) is 29.9 Å². The smallest absolute Gasteiger partial charge is 0.317 e. The number of urea groups is 1. The Bertz CT molecular complexity index is 1330. The number of anilines is 1. The van der Waals surface area contributed by atoms with E-state index in [9.17, 15) is 9.59 Å². The van der Waals surface area contributed by atoms with E-state index in [1.165, 1.54) is 11.9 Å². The number of benzene rings is 2. The second-order valence-electron chi connectivity index (χ2n) is 8.87. The SMILES string of the molecule is CN1C(=O)N(c2c(F)cc(C#Cc3ccccc3)cc2F)C(=O)C[C@@]1(C)c1cnn(C2CC2)c1. The Kier molecular flexibility index (Phi) is 5.20. The predicted octanol–water partition coefficient (Wildman–Crippen LogP) is 4.60. The molecule has 3 amide bonds. The maximum atomic E-state index is 15.0. The van der Waals surface area contributed by atoms with Crippen LogP contribution in [0.5, 0.6) is 0 Å². The van der Waals surface area contributed by atoms with Gasteiger partial charge in [0.1, 0.15) is 5.69 Å². The summed E-state index contributed by atoms with van der Waals surface area (Å²) in [6.07, 6.45) is 5.44. The van der Waals surface area contributed by atoms with Crippen LogP contribution in [0.25, 0.3) is 0 Å². The summed E-state index contributed by atoms with van der Waals surface area (Å²) >= 11 is 0. The van der Waals surface area contributed by atoms with Crippen molar-refractivity contribution in [1.82, 2.24) is 14.7 Å². The molecule has 0 bridgehead atoms. The molecule has 2 fully saturated rings. The lowest BCUT2D eigenvalue weighted by Gasteiger charge is -2.45. The first-order valence-electron chi connectivity index (χ1n) is 11.0. The Hall–Kier alpha value is -3.99. The average molecular weight is 460 g/mol. The van der Waals surface area contributed by atoms with E-state index in [1.807, 2.05) is 29.1 Å². The van der Waals surface area contributed by atoms with Crippen LogP contribution in [0.4, 0.5) is 19.3 Å². The lowest BCUT2D eigenvalue weighted by Crippen LogP contribution is -2.60. The van der Waals surface area contributed by atoms with E-state index in [4.69, 9.17) is 0 Å². The number of imide groups is 1. The summed E-state index contributed by atoms with van der Waals surface area (Å²) in [7, 11) is 1.52. The zero-order valence-electron chi connectivity index (χ0n) is 18.8. The first-order chi connectivity index (χ1) is 16.3. The summed E-state index contributed by atoms with van der Waals surface area (Å²) in [6, 6.07) is 10.6. The minimum Gasteiger partial charge on any atom is -0.317 e. The van der Waals surface area contributed by atoms with Crippen LogP contribution in [0.3, 0.4) is 0 Å². The van der Waals surface area contributed by atoms with Gasteiger partial charge in [-0.15, -0.1) is 0 Å². The number of nitrogens with zero attached hydrogens (tertiary/aromatic N) is 4. The van der Waals surface area contributed by atoms with E-state index in [2.05, 4.69) is 16.9 Å². The maximum Gasteiger partial charge on any atom is 0.332 e. The molecule has 1 aliphatic heterocycles. The minimum absolute atomic E-state index is 0.102. The van der Waals surface area contributed by atoms with Crippen molar-refractivity contribution in [3.63, 3.8) is 0 Å². The number of aromatic nitrogens is 2. The van der Waals surface area contributed by atoms with Gasteiger partial charge in [0.05, 0.1) is 24.2 Å². The summed E-state index contributed by atoms with van der Waals surface area (Å²) in [5, 5.41) is 4.36. The molecule has 5 rings (SSSR count). The molecule has 2 aromatic carbocycles. The zero-order chi connectivity index (χ0) is 24.0. The lowest BCUT2D eigenvalue weighted by molar-refractivity contribution is -0.122. The molecule has 0 unspecified atom stereocenters. The molecule has 172 valence electrons. The number of carbonyl (C=O) groups is 2. The van der Waals surface area contributed by atoms with Gasteiger partial charge < -0.3 is 4.90 Å². The first-order valence-corrected chi connectivity index (χ1v) is 11.0. The quantitative estimate of drug-likeness (QED) is 0.537. The van der Waals surface area contributed by atoms with Crippen LogP contribution in [0.15, 0.2) is 54.9 Å². The maximum absolute atomic E-state index is 15.0. The Morgan fingerprint density at radius 3 is 2.32 bits per heavy atom. The monoisotopic (exact) mass is 460 g/mol. The average Bonchev–Trinajstić information content (AvgIpc) is 3.54. The highest BCUT2D eigenvalue weighted by Gasteiger charge is 2.48. The molecular weight excluding hydrogens is 438 g/mol. The van der Waals surface area contributed by atoms with Crippen LogP contribution in [-0.2, 0) is 10.3 Å². The Morgan fingerprint density at radius 1 is 1.03 bits per heavy atom. The van der Waals surface area contributed by atoms with Crippen LogP contribution in [0.2, 0.25) is 0 Å². The molecule has 0 N–H and O–H groups in total. The molecule has 3 aromatic rings. The van der Waals surface area contributed by atoms with Gasteiger partial charge in [-0.05, 0) is 44.0 Å². The van der Waals surface area contributed by atoms with Crippen molar-refractivity contribution in [3.05, 3.63) is 83.2 Å². The molecule has 0 radical (unpaired) electrons. The second-order valence-corrected chi connectivity index (χ2v) is 8.87. The Labute approximate surface area is 195 Å². The Balaban J connectivity index is 1.44. The third-order valence-electron chi connectivity index (χ3n) is 6.47. The van der Waals surface area contributed by atoms with Crippen molar-refractivity contribution in [2.45, 2.75) is 37.8 Å². The molecule has 0 spiro atoms. The van der Waals surface area contributed by atoms with Gasteiger partial charge >= 0.3 is 6.03 Å². The summed E-state index contributed by atoms with van der Waals surface area (Å²) in [5.41, 5.74) is -0.172. The molecule has 1 saturated heterocycles. The van der Waals surface area contributed by atoms with Crippen LogP contribution in [-0.4, -0.2) is 33.7 Å². The fourth-order valence-electron chi connectivity index (χ4n) is 4.15. The van der Waals surface area contributed by atoms with Crippen LogP contribution in [0, 0.1) is 23.5 Å². The van der Waals surface area contributed by atoms with Gasteiger partial charge in [0.15, 0.2) is 11.6 Å². The number of halogens is 2. The fraction of sp³-hybridized carbons (Fsp3) is 0.269. The molecule has 1 aromatic heterocycles.